The molecule has 2 aromatic heterocycles. The summed E-state index contributed by atoms with van der Waals surface area (Å²) in [7, 11) is 0. The third kappa shape index (κ3) is 4.07. The van der Waals surface area contributed by atoms with Gasteiger partial charge in [0.15, 0.2) is 5.13 Å². The SMILES string of the molecule is Fc1ccccc1-c1csc(-c2csc(Nc3ccc(N4CCOCC4)cc3)n2)n1. The molecule has 4 aromatic rings. The van der Waals surface area contributed by atoms with E-state index in [2.05, 4.69) is 44.5 Å². The van der Waals surface area contributed by atoms with Crippen LogP contribution in [-0.2, 0) is 4.74 Å². The third-order valence-electron chi connectivity index (χ3n) is 4.87. The zero-order valence-electron chi connectivity index (χ0n) is 16.0. The number of hydrogen-bond acceptors (Lipinski definition) is 7. The molecule has 2 aromatic carbocycles. The summed E-state index contributed by atoms with van der Waals surface area (Å²) in [5.74, 6) is -0.268. The van der Waals surface area contributed by atoms with E-state index < -0.39 is 0 Å². The molecule has 0 bridgehead atoms. The van der Waals surface area contributed by atoms with E-state index >= 15 is 0 Å². The van der Waals surface area contributed by atoms with Crippen molar-refractivity contribution in [2.45, 2.75) is 0 Å². The number of morpholine rings is 1. The monoisotopic (exact) mass is 438 g/mol. The normalized spacial score (nSPS) is 14.1. The minimum absolute atomic E-state index is 0.268. The molecule has 0 amide bonds. The van der Waals surface area contributed by atoms with Crippen LogP contribution >= 0.6 is 22.7 Å². The standard InChI is InChI=1S/C22H19FN4OS2/c23-18-4-2-1-3-17(18)19-13-29-21(25-19)20-14-30-22(26-20)24-15-5-7-16(8-6-15)27-9-11-28-12-10-27/h1-8,13-14H,9-12H2,(H,24,26). The Labute approximate surface area is 181 Å². The number of rotatable bonds is 5. The van der Waals surface area contributed by atoms with Crippen LogP contribution in [-0.4, -0.2) is 36.3 Å². The number of ether oxygens (including phenoxy) is 1. The van der Waals surface area contributed by atoms with Gasteiger partial charge in [0, 0.05) is 40.8 Å². The van der Waals surface area contributed by atoms with Gasteiger partial charge in [-0.25, -0.2) is 14.4 Å². The smallest absolute Gasteiger partial charge is 0.187 e. The third-order valence-corrected chi connectivity index (χ3v) is 6.49. The van der Waals surface area contributed by atoms with Gasteiger partial charge in [-0.15, -0.1) is 22.7 Å². The van der Waals surface area contributed by atoms with E-state index in [1.807, 2.05) is 16.8 Å². The molecule has 0 spiro atoms. The van der Waals surface area contributed by atoms with Gasteiger partial charge in [-0.05, 0) is 36.4 Å². The summed E-state index contributed by atoms with van der Waals surface area (Å²) in [5.41, 5.74) is 4.12. The molecule has 1 fully saturated rings. The second kappa shape index (κ2) is 8.51. The molecule has 0 atom stereocenters. The lowest BCUT2D eigenvalue weighted by Crippen LogP contribution is -2.36. The summed E-state index contributed by atoms with van der Waals surface area (Å²) >= 11 is 2.99. The van der Waals surface area contributed by atoms with Crippen LogP contribution in [0.4, 0.5) is 20.9 Å². The lowest BCUT2D eigenvalue weighted by atomic mass is 10.2. The first-order valence-electron chi connectivity index (χ1n) is 9.62. The number of thiazole rings is 2. The molecule has 152 valence electrons. The van der Waals surface area contributed by atoms with Gasteiger partial charge in [0.1, 0.15) is 16.5 Å². The Morgan fingerprint density at radius 3 is 2.47 bits per heavy atom. The Morgan fingerprint density at radius 1 is 0.900 bits per heavy atom. The summed E-state index contributed by atoms with van der Waals surface area (Å²) < 4.78 is 19.4. The van der Waals surface area contributed by atoms with Crippen LogP contribution in [0.25, 0.3) is 22.0 Å². The van der Waals surface area contributed by atoms with E-state index in [-0.39, 0.29) is 5.82 Å². The van der Waals surface area contributed by atoms with Crippen molar-refractivity contribution in [3.05, 3.63) is 65.1 Å². The minimum atomic E-state index is -0.268. The highest BCUT2D eigenvalue weighted by atomic mass is 32.1. The molecule has 8 heteroatoms. The number of aromatic nitrogens is 2. The first-order valence-corrected chi connectivity index (χ1v) is 11.4. The number of halogens is 1. The number of nitrogens with zero attached hydrogens (tertiary/aromatic N) is 3. The quantitative estimate of drug-likeness (QED) is 0.436. The maximum atomic E-state index is 14.0. The molecule has 5 rings (SSSR count). The Morgan fingerprint density at radius 2 is 1.67 bits per heavy atom. The maximum absolute atomic E-state index is 14.0. The van der Waals surface area contributed by atoms with Gasteiger partial charge < -0.3 is 15.0 Å². The van der Waals surface area contributed by atoms with Crippen LogP contribution in [0.1, 0.15) is 0 Å². The largest absolute Gasteiger partial charge is 0.378 e. The van der Waals surface area contributed by atoms with Crippen molar-refractivity contribution in [1.82, 2.24) is 9.97 Å². The molecule has 5 nitrogen and oxygen atoms in total. The van der Waals surface area contributed by atoms with Crippen LogP contribution in [0.3, 0.4) is 0 Å². The lowest BCUT2D eigenvalue weighted by molar-refractivity contribution is 0.122. The van der Waals surface area contributed by atoms with Gasteiger partial charge in [0.2, 0.25) is 0 Å². The molecule has 30 heavy (non-hydrogen) atoms. The first kappa shape index (κ1) is 19.2. The topological polar surface area (TPSA) is 50.3 Å². The van der Waals surface area contributed by atoms with Crippen molar-refractivity contribution < 1.29 is 9.13 Å². The fourth-order valence-electron chi connectivity index (χ4n) is 3.31. The Bertz CT molecular complexity index is 1140. The lowest BCUT2D eigenvalue weighted by Gasteiger charge is -2.28. The highest BCUT2D eigenvalue weighted by Gasteiger charge is 2.14. The molecule has 1 aliphatic rings. The molecule has 0 aliphatic carbocycles. The first-order chi connectivity index (χ1) is 14.8. The summed E-state index contributed by atoms with van der Waals surface area (Å²) in [6, 6.07) is 15.0. The van der Waals surface area contributed by atoms with E-state index in [9.17, 15) is 4.39 Å². The Kier molecular flexibility index (Phi) is 5.44. The Balaban J connectivity index is 1.29. The van der Waals surface area contributed by atoms with E-state index in [1.54, 1.807) is 12.1 Å². The molecule has 0 unspecified atom stereocenters. The fraction of sp³-hybridized carbons (Fsp3) is 0.182. The van der Waals surface area contributed by atoms with Crippen molar-refractivity contribution in [2.75, 3.05) is 36.5 Å². The molecular weight excluding hydrogens is 419 g/mol. The van der Waals surface area contributed by atoms with Crippen molar-refractivity contribution in [2.24, 2.45) is 0 Å². The van der Waals surface area contributed by atoms with Crippen LogP contribution in [0.15, 0.2) is 59.3 Å². The van der Waals surface area contributed by atoms with Gasteiger partial charge in [0.25, 0.3) is 0 Å². The second-order valence-corrected chi connectivity index (χ2v) is 8.54. The van der Waals surface area contributed by atoms with Crippen molar-refractivity contribution in [1.29, 1.82) is 0 Å². The number of anilines is 3. The van der Waals surface area contributed by atoms with Gasteiger partial charge in [-0.2, -0.15) is 0 Å². The fourth-order valence-corrected chi connectivity index (χ4v) is 4.88. The predicted octanol–water partition coefficient (Wildman–Crippen LogP) is 5.65. The summed E-state index contributed by atoms with van der Waals surface area (Å²) in [4.78, 5) is 11.6. The van der Waals surface area contributed by atoms with E-state index in [0.717, 1.165) is 47.8 Å². The minimum Gasteiger partial charge on any atom is -0.378 e. The van der Waals surface area contributed by atoms with Crippen LogP contribution in [0.2, 0.25) is 0 Å². The molecule has 1 saturated heterocycles. The molecule has 1 N–H and O–H groups in total. The van der Waals surface area contributed by atoms with Crippen LogP contribution in [0, 0.1) is 5.82 Å². The summed E-state index contributed by atoms with van der Waals surface area (Å²) in [6.07, 6.45) is 0. The van der Waals surface area contributed by atoms with Crippen molar-refractivity contribution in [3.8, 4) is 22.0 Å². The molecule has 0 radical (unpaired) electrons. The van der Waals surface area contributed by atoms with Crippen molar-refractivity contribution >= 4 is 39.2 Å². The predicted molar refractivity (Wildman–Crippen MR) is 121 cm³/mol. The van der Waals surface area contributed by atoms with Gasteiger partial charge >= 0.3 is 0 Å². The van der Waals surface area contributed by atoms with Crippen LogP contribution in [0.5, 0.6) is 0 Å². The number of hydrogen-bond donors (Lipinski definition) is 1. The number of benzene rings is 2. The van der Waals surface area contributed by atoms with E-state index in [1.165, 1.54) is 34.4 Å². The maximum Gasteiger partial charge on any atom is 0.187 e. The second-order valence-electron chi connectivity index (χ2n) is 6.83. The number of nitrogens with one attached hydrogen (secondary N) is 1. The van der Waals surface area contributed by atoms with Crippen LogP contribution < -0.4 is 10.2 Å². The molecule has 0 saturated carbocycles. The van der Waals surface area contributed by atoms with Crippen molar-refractivity contribution in [3.63, 3.8) is 0 Å². The highest BCUT2D eigenvalue weighted by Crippen LogP contribution is 2.33. The zero-order valence-corrected chi connectivity index (χ0v) is 17.7. The molecule has 1 aliphatic heterocycles. The molecular formula is C22H19FN4OS2. The van der Waals surface area contributed by atoms with E-state index in [0.29, 0.717) is 11.3 Å². The zero-order chi connectivity index (χ0) is 20.3. The van der Waals surface area contributed by atoms with Gasteiger partial charge in [0.05, 0.1) is 18.9 Å². The van der Waals surface area contributed by atoms with E-state index in [4.69, 9.17) is 4.74 Å². The highest BCUT2D eigenvalue weighted by molar-refractivity contribution is 7.15. The Hall–Kier alpha value is -2.81. The van der Waals surface area contributed by atoms with Gasteiger partial charge in [-0.1, -0.05) is 12.1 Å². The average Bonchev–Trinajstić information content (AvgIpc) is 3.45. The molecule has 3 heterocycles. The summed E-state index contributed by atoms with van der Waals surface area (Å²) in [6.45, 7) is 3.39. The summed E-state index contributed by atoms with van der Waals surface area (Å²) in [5, 5.41) is 8.76. The van der Waals surface area contributed by atoms with Gasteiger partial charge in [-0.3, -0.25) is 0 Å². The average molecular weight is 439 g/mol.